The Hall–Kier alpha value is -4.86. The predicted octanol–water partition coefficient (Wildman–Crippen LogP) is 5.28. The highest BCUT2D eigenvalue weighted by Gasteiger charge is 2.34. The van der Waals surface area contributed by atoms with Gasteiger partial charge < -0.3 is 30.5 Å². The molecule has 9 heteroatoms. The SMILES string of the molecule is COc1ccc(NC(=O)Nc2cc(C(=O)N3CCNCC3)ccc2N2CCN(C3c4ccccc4-c4ccccc43)CC2)cc1. The number of ether oxygens (including phenoxy) is 1. The van der Waals surface area contributed by atoms with E-state index in [1.807, 2.05) is 23.1 Å². The van der Waals surface area contributed by atoms with E-state index in [0.717, 1.165) is 45.0 Å². The molecule has 0 saturated carbocycles. The van der Waals surface area contributed by atoms with E-state index >= 15 is 0 Å². The molecule has 45 heavy (non-hydrogen) atoms. The van der Waals surface area contributed by atoms with Crippen LogP contribution in [0.2, 0.25) is 0 Å². The Morgan fingerprint density at radius 1 is 0.756 bits per heavy atom. The first-order valence-electron chi connectivity index (χ1n) is 15.6. The van der Waals surface area contributed by atoms with Gasteiger partial charge in [0.05, 0.1) is 24.5 Å². The fraction of sp³-hybridized carbons (Fsp3) is 0.278. The van der Waals surface area contributed by atoms with Crippen molar-refractivity contribution in [2.24, 2.45) is 0 Å². The van der Waals surface area contributed by atoms with Crippen LogP contribution < -0.4 is 25.6 Å². The summed E-state index contributed by atoms with van der Waals surface area (Å²) in [4.78, 5) is 33.4. The number of carbonyl (C=O) groups excluding carboxylic acids is 2. The van der Waals surface area contributed by atoms with Gasteiger partial charge in [-0.2, -0.15) is 0 Å². The van der Waals surface area contributed by atoms with Crippen LogP contribution in [0.3, 0.4) is 0 Å². The molecule has 0 aromatic heterocycles. The van der Waals surface area contributed by atoms with Crippen molar-refractivity contribution in [2.45, 2.75) is 6.04 Å². The zero-order valence-corrected chi connectivity index (χ0v) is 25.5. The number of carbonyl (C=O) groups is 2. The van der Waals surface area contributed by atoms with Gasteiger partial charge >= 0.3 is 6.03 Å². The molecule has 2 fully saturated rings. The van der Waals surface area contributed by atoms with Gasteiger partial charge in [-0.15, -0.1) is 0 Å². The van der Waals surface area contributed by atoms with E-state index in [1.165, 1.54) is 22.3 Å². The summed E-state index contributed by atoms with van der Waals surface area (Å²) in [5, 5.41) is 9.26. The van der Waals surface area contributed by atoms with Crippen LogP contribution in [-0.2, 0) is 0 Å². The second-order valence-corrected chi connectivity index (χ2v) is 11.7. The number of urea groups is 1. The Kier molecular flexibility index (Phi) is 8.11. The average molecular weight is 603 g/mol. The van der Waals surface area contributed by atoms with Crippen molar-refractivity contribution in [2.75, 3.05) is 75.0 Å². The van der Waals surface area contributed by atoms with Crippen LogP contribution in [0, 0.1) is 0 Å². The maximum absolute atomic E-state index is 13.4. The number of rotatable bonds is 6. The molecule has 3 N–H and O–H groups in total. The number of hydrogen-bond donors (Lipinski definition) is 3. The topological polar surface area (TPSA) is 89.2 Å². The van der Waals surface area contributed by atoms with Crippen molar-refractivity contribution in [3.05, 3.63) is 108 Å². The molecule has 7 rings (SSSR count). The van der Waals surface area contributed by atoms with E-state index in [0.29, 0.717) is 35.8 Å². The number of methoxy groups -OCH3 is 1. The van der Waals surface area contributed by atoms with Crippen molar-refractivity contribution < 1.29 is 14.3 Å². The summed E-state index contributed by atoms with van der Waals surface area (Å²) in [5.41, 5.74) is 8.10. The lowest BCUT2D eigenvalue weighted by atomic mass is 10.0. The van der Waals surface area contributed by atoms with E-state index in [-0.39, 0.29) is 18.0 Å². The van der Waals surface area contributed by atoms with Gasteiger partial charge in [-0.1, -0.05) is 48.5 Å². The molecule has 0 bridgehead atoms. The molecule has 2 heterocycles. The summed E-state index contributed by atoms with van der Waals surface area (Å²) in [5.74, 6) is 0.691. The predicted molar refractivity (Wildman–Crippen MR) is 178 cm³/mol. The lowest BCUT2D eigenvalue weighted by Crippen LogP contribution is -2.48. The number of nitrogens with one attached hydrogen (secondary N) is 3. The molecule has 2 aliphatic heterocycles. The van der Waals surface area contributed by atoms with Crippen LogP contribution in [0.5, 0.6) is 5.75 Å². The first-order chi connectivity index (χ1) is 22.1. The molecule has 9 nitrogen and oxygen atoms in total. The number of amides is 3. The Labute approximate surface area is 263 Å². The van der Waals surface area contributed by atoms with E-state index in [4.69, 9.17) is 4.74 Å². The zero-order chi connectivity index (χ0) is 30.8. The molecular weight excluding hydrogens is 564 g/mol. The smallest absolute Gasteiger partial charge is 0.323 e. The molecule has 0 radical (unpaired) electrons. The van der Waals surface area contributed by atoms with Gasteiger partial charge in [0.25, 0.3) is 5.91 Å². The second kappa shape index (κ2) is 12.6. The van der Waals surface area contributed by atoms with Crippen molar-refractivity contribution in [1.82, 2.24) is 15.1 Å². The fourth-order valence-corrected chi connectivity index (χ4v) is 6.80. The maximum Gasteiger partial charge on any atom is 0.323 e. The van der Waals surface area contributed by atoms with E-state index in [1.54, 1.807) is 31.4 Å². The van der Waals surface area contributed by atoms with Crippen LogP contribution in [0.4, 0.5) is 21.9 Å². The minimum absolute atomic E-state index is 0.0231. The van der Waals surface area contributed by atoms with Gasteiger partial charge in [0.2, 0.25) is 0 Å². The van der Waals surface area contributed by atoms with E-state index in [2.05, 4.69) is 74.3 Å². The molecule has 1 aliphatic carbocycles. The molecule has 230 valence electrons. The molecular formula is C36H38N6O3. The Morgan fingerprint density at radius 2 is 1.40 bits per heavy atom. The first kappa shape index (κ1) is 28.9. The van der Waals surface area contributed by atoms with Crippen LogP contribution in [0.15, 0.2) is 91.0 Å². The molecule has 3 amide bonds. The van der Waals surface area contributed by atoms with Gasteiger partial charge in [0.1, 0.15) is 5.75 Å². The largest absolute Gasteiger partial charge is 0.497 e. The normalized spacial score (nSPS) is 16.6. The molecule has 0 unspecified atom stereocenters. The number of fused-ring (bicyclic) bond motifs is 3. The zero-order valence-electron chi connectivity index (χ0n) is 25.5. The Morgan fingerprint density at radius 3 is 2.04 bits per heavy atom. The fourth-order valence-electron chi connectivity index (χ4n) is 6.80. The molecule has 3 aliphatic rings. The highest BCUT2D eigenvalue weighted by molar-refractivity contribution is 6.04. The molecule has 4 aromatic carbocycles. The van der Waals surface area contributed by atoms with Crippen molar-refractivity contribution in [3.63, 3.8) is 0 Å². The minimum Gasteiger partial charge on any atom is -0.497 e. The summed E-state index contributed by atoms with van der Waals surface area (Å²) in [6, 6.07) is 30.2. The van der Waals surface area contributed by atoms with Gasteiger partial charge in [0.15, 0.2) is 0 Å². The summed E-state index contributed by atoms with van der Waals surface area (Å²) < 4.78 is 5.24. The van der Waals surface area contributed by atoms with Crippen LogP contribution in [0.1, 0.15) is 27.5 Å². The lowest BCUT2D eigenvalue weighted by Gasteiger charge is -2.40. The van der Waals surface area contributed by atoms with Crippen LogP contribution in [0.25, 0.3) is 11.1 Å². The third kappa shape index (κ3) is 5.84. The molecule has 0 spiro atoms. The summed E-state index contributed by atoms with van der Waals surface area (Å²) in [6.45, 7) is 6.20. The van der Waals surface area contributed by atoms with Crippen molar-refractivity contribution >= 4 is 29.0 Å². The maximum atomic E-state index is 13.4. The van der Waals surface area contributed by atoms with Gasteiger partial charge in [-0.3, -0.25) is 9.69 Å². The van der Waals surface area contributed by atoms with E-state index in [9.17, 15) is 9.59 Å². The number of hydrogen-bond acceptors (Lipinski definition) is 6. The lowest BCUT2D eigenvalue weighted by molar-refractivity contribution is 0.0736. The number of anilines is 3. The summed E-state index contributed by atoms with van der Waals surface area (Å²) >= 11 is 0. The summed E-state index contributed by atoms with van der Waals surface area (Å²) in [7, 11) is 1.61. The van der Waals surface area contributed by atoms with Crippen molar-refractivity contribution in [1.29, 1.82) is 0 Å². The van der Waals surface area contributed by atoms with Crippen LogP contribution >= 0.6 is 0 Å². The van der Waals surface area contributed by atoms with Gasteiger partial charge in [-0.05, 0) is 64.7 Å². The summed E-state index contributed by atoms with van der Waals surface area (Å²) in [6.07, 6.45) is 0. The molecule has 4 aromatic rings. The first-order valence-corrected chi connectivity index (χ1v) is 15.6. The van der Waals surface area contributed by atoms with Crippen LogP contribution in [-0.4, -0.2) is 81.2 Å². The number of nitrogens with zero attached hydrogens (tertiary/aromatic N) is 3. The molecule has 0 atom stereocenters. The standard InChI is InChI=1S/C36H38N6O3/c1-45-27-13-11-26(12-14-27)38-36(44)39-32-24-25(35(43)42-18-16-37-17-19-42)10-15-33(32)40-20-22-41(23-21-40)34-30-8-4-2-6-28(30)29-7-3-5-9-31(29)34/h2-15,24,34,37H,16-23H2,1H3,(H2,38,39,44). The number of benzene rings is 4. The highest BCUT2D eigenvalue weighted by atomic mass is 16.5. The second-order valence-electron chi connectivity index (χ2n) is 11.7. The highest BCUT2D eigenvalue weighted by Crippen LogP contribution is 2.46. The van der Waals surface area contributed by atoms with Crippen molar-refractivity contribution in [3.8, 4) is 16.9 Å². The monoisotopic (exact) mass is 602 g/mol. The third-order valence-corrected chi connectivity index (χ3v) is 9.06. The quantitative estimate of drug-likeness (QED) is 0.279. The average Bonchev–Trinajstić information content (AvgIpc) is 3.43. The van der Waals surface area contributed by atoms with E-state index < -0.39 is 0 Å². The Bertz CT molecular complexity index is 1650. The third-order valence-electron chi connectivity index (χ3n) is 9.06. The minimum atomic E-state index is -0.369. The Balaban J connectivity index is 1.12. The van der Waals surface area contributed by atoms with Gasteiger partial charge in [-0.25, -0.2) is 4.79 Å². The number of piperazine rings is 2. The van der Waals surface area contributed by atoms with Gasteiger partial charge in [0, 0.05) is 63.6 Å². The molecule has 2 saturated heterocycles.